The Morgan fingerprint density at radius 1 is 1.37 bits per heavy atom. The molecule has 0 saturated carbocycles. The van der Waals surface area contributed by atoms with Crippen molar-refractivity contribution in [2.75, 3.05) is 6.54 Å². The number of hydrogen-bond acceptors (Lipinski definition) is 2. The van der Waals surface area contributed by atoms with Crippen LogP contribution in [-0.4, -0.2) is 23.4 Å². The van der Waals surface area contributed by atoms with E-state index in [4.69, 9.17) is 0 Å². The van der Waals surface area contributed by atoms with Gasteiger partial charge in [0.25, 0.3) is 0 Å². The van der Waals surface area contributed by atoms with Gasteiger partial charge in [-0.3, -0.25) is 10.1 Å². The maximum Gasteiger partial charge on any atom is 0.238 e. The Hall–Kier alpha value is -1.42. The molecule has 2 rings (SSSR count). The topological polar surface area (TPSA) is 32.3 Å². The van der Waals surface area contributed by atoms with Crippen LogP contribution < -0.4 is 5.32 Å². The fourth-order valence-corrected chi connectivity index (χ4v) is 2.81. The van der Waals surface area contributed by atoms with Crippen molar-refractivity contribution in [3.8, 4) is 0 Å². The van der Waals surface area contributed by atoms with Gasteiger partial charge in [0.05, 0.1) is 6.54 Å². The van der Waals surface area contributed by atoms with Gasteiger partial charge in [-0.05, 0) is 30.0 Å². The van der Waals surface area contributed by atoms with Crippen LogP contribution in [0.4, 0.5) is 4.39 Å². The summed E-state index contributed by atoms with van der Waals surface area (Å²) in [5, 5.41) is 3.22. The highest BCUT2D eigenvalue weighted by molar-refractivity contribution is 5.81. The van der Waals surface area contributed by atoms with Crippen LogP contribution in [0.1, 0.15) is 38.9 Å². The predicted octanol–water partition coefficient (Wildman–Crippen LogP) is 2.69. The van der Waals surface area contributed by atoms with E-state index in [2.05, 4.69) is 26.1 Å². The Balaban J connectivity index is 2.28. The van der Waals surface area contributed by atoms with Gasteiger partial charge in [-0.2, -0.15) is 0 Å². The molecule has 19 heavy (non-hydrogen) atoms. The minimum absolute atomic E-state index is 0.120. The zero-order valence-electron chi connectivity index (χ0n) is 11.7. The Morgan fingerprint density at radius 2 is 2.00 bits per heavy atom. The second-order valence-corrected chi connectivity index (χ2v) is 5.36. The Bertz CT molecular complexity index is 444. The Kier molecular flexibility index (Phi) is 4.20. The smallest absolute Gasteiger partial charge is 0.238 e. The van der Waals surface area contributed by atoms with Gasteiger partial charge in [-0.25, -0.2) is 4.39 Å². The molecule has 1 fully saturated rings. The zero-order chi connectivity index (χ0) is 14.0. The summed E-state index contributed by atoms with van der Waals surface area (Å²) in [6, 6.07) is 6.57. The van der Waals surface area contributed by atoms with E-state index < -0.39 is 0 Å². The molecule has 1 amide bonds. The summed E-state index contributed by atoms with van der Waals surface area (Å²) in [6.45, 7) is 6.70. The lowest BCUT2D eigenvalue weighted by Gasteiger charge is -2.35. The number of benzene rings is 1. The lowest BCUT2D eigenvalue weighted by atomic mass is 9.98. The van der Waals surface area contributed by atoms with Crippen LogP contribution in [-0.2, 0) is 4.79 Å². The number of rotatable bonds is 4. The van der Waals surface area contributed by atoms with E-state index in [1.54, 1.807) is 12.1 Å². The first-order chi connectivity index (χ1) is 9.04. The zero-order valence-corrected chi connectivity index (χ0v) is 11.7. The molecule has 1 aromatic rings. The lowest BCUT2D eigenvalue weighted by Crippen LogP contribution is -2.42. The summed E-state index contributed by atoms with van der Waals surface area (Å²) in [4.78, 5) is 14.0. The SMILES string of the molecule is CCC(C(C)C)N1C(=O)CNC1c1ccc(F)cc1. The van der Waals surface area contributed by atoms with E-state index in [0.717, 1.165) is 12.0 Å². The first-order valence-electron chi connectivity index (χ1n) is 6.84. The minimum Gasteiger partial charge on any atom is -0.319 e. The number of nitrogens with zero attached hydrogens (tertiary/aromatic N) is 1. The molecule has 104 valence electrons. The number of amides is 1. The highest BCUT2D eigenvalue weighted by atomic mass is 19.1. The molecule has 2 atom stereocenters. The van der Waals surface area contributed by atoms with E-state index in [9.17, 15) is 9.18 Å². The molecule has 1 saturated heterocycles. The molecule has 3 nitrogen and oxygen atoms in total. The summed E-state index contributed by atoms with van der Waals surface area (Å²) >= 11 is 0. The van der Waals surface area contributed by atoms with Crippen molar-refractivity contribution in [2.24, 2.45) is 5.92 Å². The standard InChI is InChI=1S/C15H21FN2O/c1-4-13(10(2)3)18-14(19)9-17-15(18)11-5-7-12(16)8-6-11/h5-8,10,13,15,17H,4,9H2,1-3H3. The van der Waals surface area contributed by atoms with Crippen molar-refractivity contribution in [3.63, 3.8) is 0 Å². The molecule has 1 heterocycles. The molecule has 0 aliphatic carbocycles. The minimum atomic E-state index is -0.254. The van der Waals surface area contributed by atoms with Crippen molar-refractivity contribution < 1.29 is 9.18 Å². The average Bonchev–Trinajstić information content (AvgIpc) is 2.74. The third-order valence-corrected chi connectivity index (χ3v) is 3.74. The molecule has 1 aromatic carbocycles. The third kappa shape index (κ3) is 2.78. The highest BCUT2D eigenvalue weighted by Crippen LogP contribution is 2.29. The van der Waals surface area contributed by atoms with E-state index in [1.165, 1.54) is 12.1 Å². The van der Waals surface area contributed by atoms with Crippen molar-refractivity contribution in [3.05, 3.63) is 35.6 Å². The summed E-state index contributed by atoms with van der Waals surface area (Å²) in [7, 11) is 0. The summed E-state index contributed by atoms with van der Waals surface area (Å²) in [5.74, 6) is 0.266. The number of carbonyl (C=O) groups is 1. The first kappa shape index (κ1) is 14.0. The van der Waals surface area contributed by atoms with E-state index in [1.807, 2.05) is 4.90 Å². The Labute approximate surface area is 113 Å². The van der Waals surface area contributed by atoms with E-state index in [0.29, 0.717) is 12.5 Å². The monoisotopic (exact) mass is 264 g/mol. The van der Waals surface area contributed by atoms with Crippen LogP contribution in [0.5, 0.6) is 0 Å². The van der Waals surface area contributed by atoms with Crippen molar-refractivity contribution in [1.29, 1.82) is 0 Å². The number of nitrogens with one attached hydrogen (secondary N) is 1. The fourth-order valence-electron chi connectivity index (χ4n) is 2.81. The second kappa shape index (κ2) is 5.70. The fraction of sp³-hybridized carbons (Fsp3) is 0.533. The molecular weight excluding hydrogens is 243 g/mol. The van der Waals surface area contributed by atoms with Crippen LogP contribution in [0.2, 0.25) is 0 Å². The Morgan fingerprint density at radius 3 is 2.53 bits per heavy atom. The van der Waals surface area contributed by atoms with Gasteiger partial charge in [-0.15, -0.1) is 0 Å². The van der Waals surface area contributed by atoms with Crippen LogP contribution in [0.3, 0.4) is 0 Å². The second-order valence-electron chi connectivity index (χ2n) is 5.36. The maximum atomic E-state index is 13.0. The molecular formula is C15H21FN2O. The number of carbonyl (C=O) groups excluding carboxylic acids is 1. The molecule has 1 N–H and O–H groups in total. The van der Waals surface area contributed by atoms with Gasteiger partial charge in [-0.1, -0.05) is 32.9 Å². The van der Waals surface area contributed by atoms with Crippen molar-refractivity contribution in [1.82, 2.24) is 10.2 Å². The summed E-state index contributed by atoms with van der Waals surface area (Å²) in [6.07, 6.45) is 0.781. The summed E-state index contributed by atoms with van der Waals surface area (Å²) < 4.78 is 13.0. The molecule has 1 aliphatic heterocycles. The lowest BCUT2D eigenvalue weighted by molar-refractivity contribution is -0.131. The number of halogens is 1. The van der Waals surface area contributed by atoms with Crippen LogP contribution in [0.25, 0.3) is 0 Å². The normalized spacial score (nSPS) is 21.2. The largest absolute Gasteiger partial charge is 0.319 e. The van der Waals surface area contributed by atoms with Gasteiger partial charge >= 0.3 is 0 Å². The average molecular weight is 264 g/mol. The molecule has 0 aromatic heterocycles. The molecule has 0 radical (unpaired) electrons. The van der Waals surface area contributed by atoms with Gasteiger partial charge in [0, 0.05) is 6.04 Å². The quantitative estimate of drug-likeness (QED) is 0.907. The predicted molar refractivity (Wildman–Crippen MR) is 72.9 cm³/mol. The van der Waals surface area contributed by atoms with Crippen molar-refractivity contribution >= 4 is 5.91 Å². The van der Waals surface area contributed by atoms with Gasteiger partial charge in [0.1, 0.15) is 12.0 Å². The first-order valence-corrected chi connectivity index (χ1v) is 6.84. The van der Waals surface area contributed by atoms with E-state index in [-0.39, 0.29) is 23.9 Å². The van der Waals surface area contributed by atoms with Gasteiger partial charge in [0.2, 0.25) is 5.91 Å². The number of hydrogen-bond donors (Lipinski definition) is 1. The highest BCUT2D eigenvalue weighted by Gasteiger charge is 2.37. The molecule has 0 spiro atoms. The van der Waals surface area contributed by atoms with Crippen LogP contribution in [0, 0.1) is 11.7 Å². The maximum absolute atomic E-state index is 13.0. The van der Waals surface area contributed by atoms with Gasteiger partial charge in [0.15, 0.2) is 0 Å². The van der Waals surface area contributed by atoms with E-state index >= 15 is 0 Å². The molecule has 0 bridgehead atoms. The van der Waals surface area contributed by atoms with Gasteiger partial charge < -0.3 is 4.90 Å². The molecule has 1 aliphatic rings. The molecule has 4 heteroatoms. The van der Waals surface area contributed by atoms with Crippen molar-refractivity contribution in [2.45, 2.75) is 39.4 Å². The molecule has 2 unspecified atom stereocenters. The van der Waals surface area contributed by atoms with Crippen LogP contribution >= 0.6 is 0 Å². The third-order valence-electron chi connectivity index (χ3n) is 3.74. The van der Waals surface area contributed by atoms with Crippen LogP contribution in [0.15, 0.2) is 24.3 Å². The summed E-state index contributed by atoms with van der Waals surface area (Å²) in [5.41, 5.74) is 0.936.